The minimum absolute atomic E-state index is 0.348. The third-order valence-corrected chi connectivity index (χ3v) is 5.09. The van der Waals surface area contributed by atoms with Crippen LogP contribution in [-0.2, 0) is 17.7 Å². The number of imidazole rings is 1. The predicted octanol–water partition coefficient (Wildman–Crippen LogP) is 4.57. The number of rotatable bonds is 3. The van der Waals surface area contributed by atoms with Crippen LogP contribution in [0.1, 0.15) is 27.0 Å². The van der Waals surface area contributed by atoms with Crippen molar-refractivity contribution < 1.29 is 14.3 Å². The molecule has 2 heterocycles. The van der Waals surface area contributed by atoms with Gasteiger partial charge in [-0.3, -0.25) is 0 Å². The van der Waals surface area contributed by atoms with Gasteiger partial charge < -0.3 is 14.0 Å². The maximum Gasteiger partial charge on any atom is 0.337 e. The summed E-state index contributed by atoms with van der Waals surface area (Å²) in [6.07, 6.45) is 2.66. The Morgan fingerprint density at radius 1 is 1.07 bits per heavy atom. The molecule has 4 aromatic rings. The predicted molar refractivity (Wildman–Crippen MR) is 106 cm³/mol. The van der Waals surface area contributed by atoms with Crippen molar-refractivity contribution in [3.05, 3.63) is 89.2 Å². The Bertz CT molecular complexity index is 1210. The second kappa shape index (κ2) is 6.53. The summed E-state index contributed by atoms with van der Waals surface area (Å²) in [6.45, 7) is 0.663. The molecular weight excluding hydrogens is 352 g/mol. The van der Waals surface area contributed by atoms with E-state index in [0.717, 1.165) is 34.5 Å². The lowest BCUT2D eigenvalue weighted by atomic mass is 9.98. The highest BCUT2D eigenvalue weighted by atomic mass is 16.5. The maximum absolute atomic E-state index is 11.8. The van der Waals surface area contributed by atoms with Crippen LogP contribution in [0.5, 0.6) is 11.5 Å². The molecule has 0 unspecified atom stereocenters. The van der Waals surface area contributed by atoms with Crippen LogP contribution in [-0.4, -0.2) is 22.6 Å². The van der Waals surface area contributed by atoms with Gasteiger partial charge in [-0.05, 0) is 53.1 Å². The van der Waals surface area contributed by atoms with Crippen LogP contribution >= 0.6 is 0 Å². The van der Waals surface area contributed by atoms with Gasteiger partial charge in [-0.2, -0.15) is 0 Å². The average Bonchev–Trinajstić information content (AvgIpc) is 3.13. The molecule has 0 bridgehead atoms. The number of aromatic nitrogens is 2. The van der Waals surface area contributed by atoms with Crippen molar-refractivity contribution in [2.45, 2.75) is 13.0 Å². The van der Waals surface area contributed by atoms with Gasteiger partial charge in [0, 0.05) is 13.0 Å². The Balaban J connectivity index is 1.47. The van der Waals surface area contributed by atoms with Gasteiger partial charge >= 0.3 is 5.97 Å². The van der Waals surface area contributed by atoms with Crippen LogP contribution in [0.3, 0.4) is 0 Å². The van der Waals surface area contributed by atoms with Crippen molar-refractivity contribution in [2.24, 2.45) is 0 Å². The largest absolute Gasteiger partial charge is 0.465 e. The number of methoxy groups -OCH3 is 1. The molecule has 1 aromatic heterocycles. The summed E-state index contributed by atoms with van der Waals surface area (Å²) in [7, 11) is 1.39. The first-order valence-electron chi connectivity index (χ1n) is 9.12. The monoisotopic (exact) mass is 370 g/mol. The van der Waals surface area contributed by atoms with Gasteiger partial charge in [-0.15, -0.1) is 0 Å². The molecule has 0 spiro atoms. The zero-order valence-electron chi connectivity index (χ0n) is 15.4. The molecular formula is C23H18N2O3. The zero-order chi connectivity index (χ0) is 19.1. The van der Waals surface area contributed by atoms with Crippen molar-refractivity contribution in [1.29, 1.82) is 0 Å². The Morgan fingerprint density at radius 3 is 2.82 bits per heavy atom. The van der Waals surface area contributed by atoms with Crippen LogP contribution in [0.25, 0.3) is 11.0 Å². The maximum atomic E-state index is 11.8. The van der Waals surface area contributed by atoms with Crippen LogP contribution in [0.15, 0.2) is 67.0 Å². The molecule has 0 saturated heterocycles. The molecule has 0 fully saturated rings. The summed E-state index contributed by atoms with van der Waals surface area (Å²) in [6, 6.07) is 19.8. The second-order valence-corrected chi connectivity index (χ2v) is 6.90. The molecule has 0 aliphatic carbocycles. The Morgan fingerprint density at radius 2 is 1.93 bits per heavy atom. The van der Waals surface area contributed by atoms with E-state index in [1.54, 1.807) is 12.4 Å². The molecule has 5 heteroatoms. The molecule has 1 aliphatic rings. The average molecular weight is 370 g/mol. The first kappa shape index (κ1) is 16.6. The highest BCUT2D eigenvalue weighted by Gasteiger charge is 2.17. The fraction of sp³-hybridized carbons (Fsp3) is 0.130. The van der Waals surface area contributed by atoms with Gasteiger partial charge in [0.25, 0.3) is 0 Å². The molecule has 5 nitrogen and oxygen atoms in total. The van der Waals surface area contributed by atoms with Crippen LogP contribution in [0.4, 0.5) is 0 Å². The molecule has 138 valence electrons. The lowest BCUT2D eigenvalue weighted by Gasteiger charge is -2.20. The molecule has 28 heavy (non-hydrogen) atoms. The van der Waals surface area contributed by atoms with Gasteiger partial charge in [-0.1, -0.05) is 24.3 Å². The van der Waals surface area contributed by atoms with E-state index in [9.17, 15) is 4.79 Å². The summed E-state index contributed by atoms with van der Waals surface area (Å²) in [5, 5.41) is 0. The Kier molecular flexibility index (Phi) is 3.86. The smallest absolute Gasteiger partial charge is 0.337 e. The third-order valence-electron chi connectivity index (χ3n) is 5.09. The SMILES string of the molecule is COC(=O)c1ccc2ncn(Cc3ccc4c(c3)Cc3ccccc3O4)c2c1. The molecule has 0 amide bonds. The number of hydrogen-bond acceptors (Lipinski definition) is 4. The first-order valence-corrected chi connectivity index (χ1v) is 9.12. The number of carbonyl (C=O) groups is 1. The van der Waals surface area contributed by atoms with Crippen LogP contribution in [0, 0.1) is 0 Å². The second-order valence-electron chi connectivity index (χ2n) is 6.90. The number of nitrogens with zero attached hydrogens (tertiary/aromatic N) is 2. The van der Waals surface area contributed by atoms with Gasteiger partial charge in [0.2, 0.25) is 0 Å². The van der Waals surface area contributed by atoms with Gasteiger partial charge in [0.15, 0.2) is 0 Å². The van der Waals surface area contributed by atoms with Gasteiger partial charge in [0.1, 0.15) is 11.5 Å². The summed E-state index contributed by atoms with van der Waals surface area (Å²) in [5.41, 5.74) is 5.81. The number of ether oxygens (including phenoxy) is 2. The van der Waals surface area contributed by atoms with Crippen LogP contribution in [0.2, 0.25) is 0 Å². The van der Waals surface area contributed by atoms with E-state index in [4.69, 9.17) is 9.47 Å². The lowest BCUT2D eigenvalue weighted by molar-refractivity contribution is 0.0601. The van der Waals surface area contributed by atoms with E-state index in [2.05, 4.69) is 23.2 Å². The molecule has 0 radical (unpaired) electrons. The number of hydrogen-bond donors (Lipinski definition) is 0. The molecule has 0 N–H and O–H groups in total. The van der Waals surface area contributed by atoms with E-state index < -0.39 is 0 Å². The van der Waals surface area contributed by atoms with Crippen molar-refractivity contribution >= 4 is 17.0 Å². The molecule has 5 rings (SSSR count). The summed E-state index contributed by atoms with van der Waals surface area (Å²) in [4.78, 5) is 16.3. The van der Waals surface area contributed by atoms with Crippen molar-refractivity contribution in [2.75, 3.05) is 7.11 Å². The number of para-hydroxylation sites is 1. The van der Waals surface area contributed by atoms with Crippen molar-refractivity contribution in [3.8, 4) is 11.5 Å². The van der Waals surface area contributed by atoms with Crippen molar-refractivity contribution in [3.63, 3.8) is 0 Å². The third kappa shape index (κ3) is 2.81. The Hall–Kier alpha value is -3.60. The van der Waals surface area contributed by atoms with Crippen LogP contribution < -0.4 is 4.74 Å². The Labute approximate surface area is 162 Å². The molecule has 1 aliphatic heterocycles. The molecule has 0 saturated carbocycles. The number of fused-ring (bicyclic) bond motifs is 3. The summed E-state index contributed by atoms with van der Waals surface area (Å²) in [5.74, 6) is 1.49. The number of benzene rings is 3. The van der Waals surface area contributed by atoms with E-state index >= 15 is 0 Å². The van der Waals surface area contributed by atoms with E-state index in [1.807, 2.05) is 41.0 Å². The van der Waals surface area contributed by atoms with Gasteiger partial charge in [0.05, 0.1) is 30.0 Å². The van der Waals surface area contributed by atoms with E-state index in [0.29, 0.717) is 12.1 Å². The van der Waals surface area contributed by atoms with E-state index in [-0.39, 0.29) is 5.97 Å². The standard InChI is InChI=1S/C23H18N2O3/c1-27-23(26)17-7-8-19-20(12-17)25(14-24-19)13-15-6-9-22-18(10-15)11-16-4-2-3-5-21(16)28-22/h2-10,12,14H,11,13H2,1H3. The van der Waals surface area contributed by atoms with Gasteiger partial charge in [-0.25, -0.2) is 9.78 Å². The summed E-state index contributed by atoms with van der Waals surface area (Å²) < 4.78 is 12.9. The highest BCUT2D eigenvalue weighted by Crippen LogP contribution is 2.36. The summed E-state index contributed by atoms with van der Waals surface area (Å²) >= 11 is 0. The molecule has 3 aromatic carbocycles. The quantitative estimate of drug-likeness (QED) is 0.437. The van der Waals surface area contributed by atoms with Crippen molar-refractivity contribution in [1.82, 2.24) is 9.55 Å². The minimum atomic E-state index is -0.348. The topological polar surface area (TPSA) is 53.3 Å². The number of carbonyl (C=O) groups excluding carboxylic acids is 1. The molecule has 0 atom stereocenters. The number of esters is 1. The normalized spacial score (nSPS) is 12.2. The zero-order valence-corrected chi connectivity index (χ0v) is 15.4. The minimum Gasteiger partial charge on any atom is -0.465 e. The highest BCUT2D eigenvalue weighted by molar-refractivity contribution is 5.93. The fourth-order valence-corrected chi connectivity index (χ4v) is 3.67. The first-order chi connectivity index (χ1) is 13.7. The fourth-order valence-electron chi connectivity index (χ4n) is 3.67. The van der Waals surface area contributed by atoms with E-state index in [1.165, 1.54) is 18.2 Å². The lowest BCUT2D eigenvalue weighted by Crippen LogP contribution is -2.05.